The van der Waals surface area contributed by atoms with E-state index in [-0.39, 0.29) is 36.5 Å². The smallest absolute Gasteiger partial charge is 0.376 e. The molecule has 1 heterocycles. The van der Waals surface area contributed by atoms with Gasteiger partial charge in [-0.2, -0.15) is 13.2 Å². The Morgan fingerprint density at radius 1 is 1.30 bits per heavy atom. The predicted molar refractivity (Wildman–Crippen MR) is 70.5 cm³/mol. The molecule has 0 aromatic carbocycles. The van der Waals surface area contributed by atoms with Crippen molar-refractivity contribution in [3.05, 3.63) is 0 Å². The van der Waals surface area contributed by atoms with Crippen LogP contribution in [0.5, 0.6) is 0 Å². The zero-order valence-corrected chi connectivity index (χ0v) is 12.5. The van der Waals surface area contributed by atoms with E-state index in [1.165, 1.54) is 0 Å². The average Bonchev–Trinajstić information content (AvgIpc) is 2.70. The van der Waals surface area contributed by atoms with Crippen LogP contribution in [-0.4, -0.2) is 48.2 Å². The number of ether oxygens (including phenoxy) is 1. The van der Waals surface area contributed by atoms with Crippen molar-refractivity contribution in [1.82, 2.24) is 4.90 Å². The number of hydrogen-bond donors (Lipinski definition) is 0. The number of likely N-dealkylation sites (tertiary alicyclic amines) is 1. The van der Waals surface area contributed by atoms with E-state index in [1.54, 1.807) is 0 Å². The lowest BCUT2D eigenvalue weighted by molar-refractivity contribution is -0.148. The summed E-state index contributed by atoms with van der Waals surface area (Å²) in [7, 11) is 0. The molecule has 118 valence electrons. The van der Waals surface area contributed by atoms with Crippen LogP contribution in [0.1, 0.15) is 40.5 Å². The molecule has 3 nitrogen and oxygen atoms in total. The van der Waals surface area contributed by atoms with Gasteiger partial charge in [0, 0.05) is 18.5 Å². The summed E-state index contributed by atoms with van der Waals surface area (Å²) in [5, 5.41) is 0. The van der Waals surface area contributed by atoms with Crippen molar-refractivity contribution in [2.24, 2.45) is 5.92 Å². The zero-order valence-electron chi connectivity index (χ0n) is 12.5. The minimum atomic E-state index is -4.19. The van der Waals surface area contributed by atoms with E-state index in [9.17, 15) is 18.0 Å². The number of halogens is 3. The van der Waals surface area contributed by atoms with E-state index < -0.39 is 12.6 Å². The Labute approximate surface area is 118 Å². The van der Waals surface area contributed by atoms with Crippen molar-refractivity contribution in [3.63, 3.8) is 0 Å². The third-order valence-electron chi connectivity index (χ3n) is 3.60. The summed E-state index contributed by atoms with van der Waals surface area (Å²) < 4.78 is 41.6. The molecule has 0 amide bonds. The highest BCUT2D eigenvalue weighted by Gasteiger charge is 2.39. The fraction of sp³-hybridized carbons (Fsp3) is 0.929. The molecular weight excluding hydrogens is 271 g/mol. The second-order valence-electron chi connectivity index (χ2n) is 5.96. The summed E-state index contributed by atoms with van der Waals surface area (Å²) in [4.78, 5) is 14.2. The molecule has 0 saturated carbocycles. The van der Waals surface area contributed by atoms with Gasteiger partial charge in [-0.15, -0.1) is 0 Å². The lowest BCUT2D eigenvalue weighted by Crippen LogP contribution is -2.42. The molecule has 1 aliphatic rings. The minimum absolute atomic E-state index is 0.0739. The first kappa shape index (κ1) is 17.4. The second kappa shape index (κ2) is 6.89. The van der Waals surface area contributed by atoms with Crippen molar-refractivity contribution < 1.29 is 22.7 Å². The molecular formula is C14H24F3NO2. The molecule has 0 aromatic rings. The maximum absolute atomic E-state index is 12.2. The summed E-state index contributed by atoms with van der Waals surface area (Å²) >= 11 is 0. The quantitative estimate of drug-likeness (QED) is 0.754. The van der Waals surface area contributed by atoms with Crippen LogP contribution in [0, 0.1) is 5.92 Å². The average molecular weight is 295 g/mol. The molecule has 6 heteroatoms. The van der Waals surface area contributed by atoms with Crippen LogP contribution in [0.15, 0.2) is 0 Å². The van der Waals surface area contributed by atoms with Gasteiger partial charge in [0.1, 0.15) is 0 Å². The van der Waals surface area contributed by atoms with Gasteiger partial charge in [0.25, 0.3) is 0 Å². The summed E-state index contributed by atoms with van der Waals surface area (Å²) in [6.07, 6.45) is -4.92. The molecule has 20 heavy (non-hydrogen) atoms. The van der Waals surface area contributed by atoms with Crippen molar-refractivity contribution in [2.75, 3.05) is 13.2 Å². The van der Waals surface area contributed by atoms with E-state index in [0.29, 0.717) is 13.0 Å². The van der Waals surface area contributed by atoms with Crippen molar-refractivity contribution >= 4 is 5.78 Å². The Bertz CT molecular complexity index is 329. The largest absolute Gasteiger partial charge is 0.391 e. The number of nitrogens with zero attached hydrogens (tertiary/aromatic N) is 1. The van der Waals surface area contributed by atoms with Crippen LogP contribution >= 0.6 is 0 Å². The molecule has 1 saturated heterocycles. The predicted octanol–water partition coefficient (Wildman–Crippen LogP) is 3.03. The maximum Gasteiger partial charge on any atom is 0.391 e. The van der Waals surface area contributed by atoms with Gasteiger partial charge >= 0.3 is 6.18 Å². The second-order valence-corrected chi connectivity index (χ2v) is 5.96. The summed E-state index contributed by atoms with van der Waals surface area (Å²) in [5.41, 5.74) is 0. The van der Waals surface area contributed by atoms with Gasteiger partial charge < -0.3 is 4.74 Å². The van der Waals surface area contributed by atoms with Crippen LogP contribution in [0.25, 0.3) is 0 Å². The number of alkyl halides is 3. The third-order valence-corrected chi connectivity index (χ3v) is 3.60. The summed E-state index contributed by atoms with van der Waals surface area (Å²) in [5.74, 6) is 0.0656. The molecule has 0 unspecified atom stereocenters. The van der Waals surface area contributed by atoms with E-state index >= 15 is 0 Å². The molecule has 0 spiro atoms. The first-order valence-corrected chi connectivity index (χ1v) is 7.09. The number of carbonyl (C=O) groups is 1. The third kappa shape index (κ3) is 5.05. The van der Waals surface area contributed by atoms with Crippen molar-refractivity contribution in [1.29, 1.82) is 0 Å². The zero-order chi connectivity index (χ0) is 15.5. The molecule has 1 rings (SSSR count). The maximum atomic E-state index is 12.2. The first-order chi connectivity index (χ1) is 9.11. The molecule has 0 N–H and O–H groups in total. The number of hydrogen-bond acceptors (Lipinski definition) is 3. The fourth-order valence-electron chi connectivity index (χ4n) is 2.52. The van der Waals surface area contributed by atoms with Crippen LogP contribution in [0.3, 0.4) is 0 Å². The molecule has 0 aliphatic carbocycles. The van der Waals surface area contributed by atoms with Crippen LogP contribution in [0.2, 0.25) is 0 Å². The number of carbonyl (C=O) groups excluding carboxylic acids is 1. The van der Waals surface area contributed by atoms with Gasteiger partial charge in [-0.25, -0.2) is 0 Å². The molecule has 1 aliphatic heterocycles. The number of rotatable bonds is 6. The number of ketones is 1. The Morgan fingerprint density at radius 2 is 1.90 bits per heavy atom. The number of Topliss-reactive ketones (excluding diaryl/α,β-unsaturated/α-hetero) is 1. The first-order valence-electron chi connectivity index (χ1n) is 7.09. The molecule has 1 fully saturated rings. The highest BCUT2D eigenvalue weighted by Crippen LogP contribution is 2.26. The van der Waals surface area contributed by atoms with E-state index in [2.05, 4.69) is 0 Å². The van der Waals surface area contributed by atoms with Gasteiger partial charge in [-0.3, -0.25) is 9.69 Å². The summed E-state index contributed by atoms with van der Waals surface area (Å²) in [6.45, 7) is 7.86. The van der Waals surface area contributed by atoms with Gasteiger partial charge in [0.15, 0.2) is 5.78 Å². The highest BCUT2D eigenvalue weighted by atomic mass is 19.4. The minimum Gasteiger partial charge on any atom is -0.376 e. The topological polar surface area (TPSA) is 29.5 Å². The van der Waals surface area contributed by atoms with Gasteiger partial charge in [0.2, 0.25) is 0 Å². The normalized spacial score (nSPS) is 24.9. The molecule has 2 atom stereocenters. The Morgan fingerprint density at radius 3 is 2.35 bits per heavy atom. The lowest BCUT2D eigenvalue weighted by Gasteiger charge is -2.27. The lowest BCUT2D eigenvalue weighted by atomic mass is 9.99. The summed E-state index contributed by atoms with van der Waals surface area (Å²) in [6, 6.07) is -0.0511. The molecule has 0 radical (unpaired) electrons. The van der Waals surface area contributed by atoms with Crippen LogP contribution in [0.4, 0.5) is 13.2 Å². The van der Waals surface area contributed by atoms with Gasteiger partial charge in [-0.1, -0.05) is 13.8 Å². The Kier molecular flexibility index (Phi) is 6.01. The van der Waals surface area contributed by atoms with Crippen molar-refractivity contribution in [3.8, 4) is 0 Å². The van der Waals surface area contributed by atoms with E-state index in [4.69, 9.17) is 4.74 Å². The fourth-order valence-corrected chi connectivity index (χ4v) is 2.52. The monoisotopic (exact) mass is 295 g/mol. The van der Waals surface area contributed by atoms with Gasteiger partial charge in [-0.05, 0) is 20.3 Å². The SMILES string of the molecule is CC(C)C(=O)[C@@H]1C[C@@H](OCCC(F)(F)F)CN1C(C)C. The van der Waals surface area contributed by atoms with E-state index in [0.717, 1.165) is 0 Å². The highest BCUT2D eigenvalue weighted by molar-refractivity contribution is 5.86. The molecule has 0 aromatic heterocycles. The van der Waals surface area contributed by atoms with Gasteiger partial charge in [0.05, 0.1) is 25.2 Å². The Hall–Kier alpha value is -0.620. The van der Waals surface area contributed by atoms with E-state index in [1.807, 2.05) is 32.6 Å². The van der Waals surface area contributed by atoms with Crippen molar-refractivity contribution in [2.45, 2.75) is 64.9 Å². The molecule has 0 bridgehead atoms. The standard InChI is InChI=1S/C14H24F3NO2/c1-9(2)13(19)12-7-11(8-18(12)10(3)4)20-6-5-14(15,16)17/h9-12H,5-8H2,1-4H3/t11-,12+/m1/s1. The van der Waals surface area contributed by atoms with Crippen LogP contribution in [-0.2, 0) is 9.53 Å². The Balaban J connectivity index is 2.55. The van der Waals surface area contributed by atoms with Crippen LogP contribution < -0.4 is 0 Å².